The summed E-state index contributed by atoms with van der Waals surface area (Å²) in [6, 6.07) is -1.05. The number of carbonyl (C=O) groups is 1. The van der Waals surface area contributed by atoms with Gasteiger partial charge in [0.2, 0.25) is 6.04 Å². The Kier molecular flexibility index (Phi) is 4.98. The van der Waals surface area contributed by atoms with Crippen LogP contribution in [-0.4, -0.2) is 35.3 Å². The normalized spacial score (nSPS) is 14.7. The molecule has 0 heterocycles. The number of nitro groups is 1. The Hall–Kier alpha value is -1.17. The largest absolute Gasteiger partial charge is 0.469 e. The van der Waals surface area contributed by atoms with E-state index >= 15 is 0 Å². The second kappa shape index (κ2) is 5.47. The molecule has 0 aromatic heterocycles. The number of hydrogen-bond acceptors (Lipinski definition) is 5. The Morgan fingerprint density at radius 2 is 2.23 bits per heavy atom. The number of esters is 1. The van der Waals surface area contributed by atoms with E-state index in [1.807, 2.05) is 0 Å². The fraction of sp³-hybridized carbons (Fsp3) is 0.857. The van der Waals surface area contributed by atoms with Crippen LogP contribution in [0, 0.1) is 10.1 Å². The molecule has 0 spiro atoms. The van der Waals surface area contributed by atoms with E-state index in [9.17, 15) is 20.0 Å². The van der Waals surface area contributed by atoms with Gasteiger partial charge in [0.1, 0.15) is 6.10 Å². The van der Waals surface area contributed by atoms with Crippen molar-refractivity contribution in [3.05, 3.63) is 10.1 Å². The molecule has 0 saturated carbocycles. The van der Waals surface area contributed by atoms with Gasteiger partial charge in [0.25, 0.3) is 0 Å². The third kappa shape index (κ3) is 4.41. The predicted molar refractivity (Wildman–Crippen MR) is 43.7 cm³/mol. The van der Waals surface area contributed by atoms with Gasteiger partial charge in [-0.3, -0.25) is 14.9 Å². The molecule has 0 rings (SSSR count). The van der Waals surface area contributed by atoms with E-state index in [2.05, 4.69) is 4.74 Å². The van der Waals surface area contributed by atoms with Crippen molar-refractivity contribution in [1.82, 2.24) is 0 Å². The average Bonchev–Trinajstić information content (AvgIpc) is 2.11. The van der Waals surface area contributed by atoms with Crippen molar-refractivity contribution in [1.29, 1.82) is 0 Å². The van der Waals surface area contributed by atoms with E-state index in [-0.39, 0.29) is 12.8 Å². The van der Waals surface area contributed by atoms with Crippen LogP contribution in [0.15, 0.2) is 0 Å². The maximum absolute atomic E-state index is 10.6. The van der Waals surface area contributed by atoms with E-state index in [1.165, 1.54) is 14.0 Å². The predicted octanol–water partition coefficient (Wildman–Crippen LogP) is -0.0343. The number of hydrogen-bond donors (Lipinski definition) is 1. The molecule has 0 saturated heterocycles. The maximum Gasteiger partial charge on any atom is 0.305 e. The number of rotatable bonds is 5. The second-order valence-corrected chi connectivity index (χ2v) is 2.71. The van der Waals surface area contributed by atoms with Gasteiger partial charge in [-0.1, -0.05) is 0 Å². The minimum Gasteiger partial charge on any atom is -0.469 e. The highest BCUT2D eigenvalue weighted by molar-refractivity contribution is 5.69. The van der Waals surface area contributed by atoms with Crippen molar-refractivity contribution in [3.8, 4) is 0 Å². The first-order chi connectivity index (χ1) is 5.99. The van der Waals surface area contributed by atoms with Crippen molar-refractivity contribution in [2.24, 2.45) is 0 Å². The lowest BCUT2D eigenvalue weighted by atomic mass is 10.1. The third-order valence-electron chi connectivity index (χ3n) is 1.76. The monoisotopic (exact) mass is 191 g/mol. The maximum atomic E-state index is 10.6. The Morgan fingerprint density at radius 3 is 2.62 bits per heavy atom. The van der Waals surface area contributed by atoms with Crippen molar-refractivity contribution >= 4 is 5.97 Å². The molecule has 2 unspecified atom stereocenters. The van der Waals surface area contributed by atoms with Crippen molar-refractivity contribution < 1.29 is 19.6 Å². The quantitative estimate of drug-likeness (QED) is 0.374. The summed E-state index contributed by atoms with van der Waals surface area (Å²) in [5, 5.41) is 19.4. The molecule has 0 aromatic rings. The van der Waals surface area contributed by atoms with Crippen molar-refractivity contribution in [2.75, 3.05) is 7.11 Å². The molecule has 0 fully saturated rings. The summed E-state index contributed by atoms with van der Waals surface area (Å²) < 4.78 is 4.32. The summed E-state index contributed by atoms with van der Waals surface area (Å²) in [7, 11) is 1.23. The van der Waals surface area contributed by atoms with Crippen LogP contribution in [0.2, 0.25) is 0 Å². The molecule has 76 valence electrons. The summed E-state index contributed by atoms with van der Waals surface area (Å²) in [6.45, 7) is 1.29. The summed E-state index contributed by atoms with van der Waals surface area (Å²) >= 11 is 0. The van der Waals surface area contributed by atoms with E-state index in [0.717, 1.165) is 0 Å². The molecule has 0 radical (unpaired) electrons. The molecular formula is C7H13NO5. The number of carbonyl (C=O) groups excluding carboxylic acids is 1. The van der Waals surface area contributed by atoms with Crippen LogP contribution in [0.4, 0.5) is 0 Å². The SMILES string of the molecule is COC(=O)CCC(O)C(C)[N+](=O)[O-]. The van der Waals surface area contributed by atoms with Crippen LogP contribution in [0.25, 0.3) is 0 Å². The lowest BCUT2D eigenvalue weighted by Gasteiger charge is -2.10. The lowest BCUT2D eigenvalue weighted by molar-refractivity contribution is -0.529. The Balaban J connectivity index is 3.80. The third-order valence-corrected chi connectivity index (χ3v) is 1.76. The molecular weight excluding hydrogens is 178 g/mol. The van der Waals surface area contributed by atoms with E-state index in [0.29, 0.717) is 0 Å². The van der Waals surface area contributed by atoms with Gasteiger partial charge in [0.15, 0.2) is 0 Å². The van der Waals surface area contributed by atoms with Crippen LogP contribution in [0.3, 0.4) is 0 Å². The van der Waals surface area contributed by atoms with Crippen LogP contribution < -0.4 is 0 Å². The van der Waals surface area contributed by atoms with Gasteiger partial charge < -0.3 is 9.84 Å². The van der Waals surface area contributed by atoms with Gasteiger partial charge in [0, 0.05) is 18.3 Å². The van der Waals surface area contributed by atoms with Gasteiger partial charge in [-0.2, -0.15) is 0 Å². The molecule has 2 atom stereocenters. The van der Waals surface area contributed by atoms with Gasteiger partial charge in [-0.25, -0.2) is 0 Å². The number of aliphatic hydroxyl groups is 1. The number of ether oxygens (including phenoxy) is 1. The Bertz CT molecular complexity index is 193. The first-order valence-electron chi connectivity index (χ1n) is 3.87. The van der Waals surface area contributed by atoms with Gasteiger partial charge >= 0.3 is 5.97 Å². The lowest BCUT2D eigenvalue weighted by Crippen LogP contribution is -2.31. The van der Waals surface area contributed by atoms with E-state index < -0.39 is 23.0 Å². The van der Waals surface area contributed by atoms with Crippen LogP contribution in [0.1, 0.15) is 19.8 Å². The van der Waals surface area contributed by atoms with E-state index in [4.69, 9.17) is 0 Å². The van der Waals surface area contributed by atoms with Crippen LogP contribution >= 0.6 is 0 Å². The standard InChI is InChI=1S/C7H13NO5/c1-5(8(11)12)6(9)3-4-7(10)13-2/h5-6,9H,3-4H2,1-2H3. The van der Waals surface area contributed by atoms with E-state index in [1.54, 1.807) is 0 Å². The molecule has 1 N–H and O–H groups in total. The molecule has 6 heteroatoms. The summed E-state index contributed by atoms with van der Waals surface area (Å²) in [4.78, 5) is 20.2. The second-order valence-electron chi connectivity index (χ2n) is 2.71. The highest BCUT2D eigenvalue weighted by Crippen LogP contribution is 2.05. The van der Waals surface area contributed by atoms with Crippen molar-refractivity contribution in [2.45, 2.75) is 31.9 Å². The summed E-state index contributed by atoms with van der Waals surface area (Å²) in [5.74, 6) is -0.477. The number of nitrogens with zero attached hydrogens (tertiary/aromatic N) is 1. The molecule has 0 aliphatic heterocycles. The highest BCUT2D eigenvalue weighted by Gasteiger charge is 2.24. The smallest absolute Gasteiger partial charge is 0.305 e. The van der Waals surface area contributed by atoms with Gasteiger partial charge in [-0.05, 0) is 6.42 Å². The minimum absolute atomic E-state index is 0.00412. The molecule has 6 nitrogen and oxygen atoms in total. The fourth-order valence-electron chi connectivity index (χ4n) is 0.749. The molecule has 0 amide bonds. The average molecular weight is 191 g/mol. The molecule has 0 aliphatic rings. The number of methoxy groups -OCH3 is 1. The van der Waals surface area contributed by atoms with Crippen LogP contribution in [0.5, 0.6) is 0 Å². The first kappa shape index (κ1) is 11.8. The zero-order valence-electron chi connectivity index (χ0n) is 7.60. The van der Waals surface area contributed by atoms with Crippen molar-refractivity contribution in [3.63, 3.8) is 0 Å². The zero-order valence-corrected chi connectivity index (χ0v) is 7.60. The van der Waals surface area contributed by atoms with Gasteiger partial charge in [0.05, 0.1) is 7.11 Å². The summed E-state index contributed by atoms with van der Waals surface area (Å²) in [6.07, 6.45) is -1.06. The molecule has 0 aliphatic carbocycles. The number of aliphatic hydroxyl groups excluding tert-OH is 1. The van der Waals surface area contributed by atoms with Gasteiger partial charge in [-0.15, -0.1) is 0 Å². The fourth-order valence-corrected chi connectivity index (χ4v) is 0.749. The minimum atomic E-state index is -1.10. The first-order valence-corrected chi connectivity index (χ1v) is 3.87. The molecule has 0 bridgehead atoms. The Morgan fingerprint density at radius 1 is 1.69 bits per heavy atom. The molecule has 13 heavy (non-hydrogen) atoms. The Labute approximate surface area is 75.7 Å². The summed E-state index contributed by atoms with van der Waals surface area (Å²) in [5.41, 5.74) is 0. The zero-order chi connectivity index (χ0) is 10.4. The van der Waals surface area contributed by atoms with Crippen LogP contribution in [-0.2, 0) is 9.53 Å². The topological polar surface area (TPSA) is 89.7 Å². The molecule has 0 aromatic carbocycles. The highest BCUT2D eigenvalue weighted by atomic mass is 16.6.